The fourth-order valence-corrected chi connectivity index (χ4v) is 6.76. The van der Waals surface area contributed by atoms with Crippen molar-refractivity contribution in [1.82, 2.24) is 9.97 Å². The van der Waals surface area contributed by atoms with Crippen LogP contribution in [0.1, 0.15) is 0 Å². The van der Waals surface area contributed by atoms with Crippen molar-refractivity contribution in [3.05, 3.63) is 146 Å². The standard InChI is InChI=1S/C38H24N2S/c1-3-10-25(11-4-1)37-38(26-12-5-2-6-13-26)40-34-23-29(19-21-33(34)39-37)27-14-9-15-28(22-27)30-18-20-32-31-16-7-8-17-35(31)41-36(32)24-30/h1-24H. The molecule has 0 bridgehead atoms. The summed E-state index contributed by atoms with van der Waals surface area (Å²) >= 11 is 1.86. The Morgan fingerprint density at radius 2 is 0.878 bits per heavy atom. The zero-order chi connectivity index (χ0) is 27.2. The molecule has 8 aromatic rings. The van der Waals surface area contributed by atoms with Crippen LogP contribution in [0.3, 0.4) is 0 Å². The molecule has 0 N–H and O–H groups in total. The lowest BCUT2D eigenvalue weighted by atomic mass is 9.98. The van der Waals surface area contributed by atoms with Crippen molar-refractivity contribution in [1.29, 1.82) is 0 Å². The molecule has 41 heavy (non-hydrogen) atoms. The van der Waals surface area contributed by atoms with E-state index in [1.54, 1.807) is 0 Å². The first-order valence-corrected chi connectivity index (χ1v) is 14.6. The smallest absolute Gasteiger partial charge is 0.0973 e. The fourth-order valence-electron chi connectivity index (χ4n) is 5.61. The average Bonchev–Trinajstić information content (AvgIpc) is 3.43. The van der Waals surface area contributed by atoms with Crippen molar-refractivity contribution in [2.75, 3.05) is 0 Å². The minimum atomic E-state index is 0.887. The van der Waals surface area contributed by atoms with Gasteiger partial charge in [0.05, 0.1) is 22.4 Å². The van der Waals surface area contributed by atoms with Crippen LogP contribution in [0, 0.1) is 0 Å². The second kappa shape index (κ2) is 9.81. The third-order valence-electron chi connectivity index (χ3n) is 7.67. The number of rotatable bonds is 4. The first-order chi connectivity index (χ1) is 20.3. The van der Waals surface area contributed by atoms with Gasteiger partial charge >= 0.3 is 0 Å². The van der Waals surface area contributed by atoms with Gasteiger partial charge in [0, 0.05) is 31.3 Å². The lowest BCUT2D eigenvalue weighted by Crippen LogP contribution is -1.95. The monoisotopic (exact) mass is 540 g/mol. The average molecular weight is 541 g/mol. The molecule has 0 aliphatic carbocycles. The third kappa shape index (κ3) is 4.28. The molecule has 2 heterocycles. The van der Waals surface area contributed by atoms with E-state index in [1.807, 2.05) is 47.7 Å². The van der Waals surface area contributed by atoms with Gasteiger partial charge in [-0.2, -0.15) is 0 Å². The largest absolute Gasteiger partial charge is 0.244 e. The Hall–Kier alpha value is -5.12. The van der Waals surface area contributed by atoms with Gasteiger partial charge < -0.3 is 0 Å². The van der Waals surface area contributed by atoms with Gasteiger partial charge in [-0.15, -0.1) is 11.3 Å². The molecule has 0 aliphatic rings. The van der Waals surface area contributed by atoms with Crippen LogP contribution in [0.4, 0.5) is 0 Å². The van der Waals surface area contributed by atoms with Crippen molar-refractivity contribution in [2.45, 2.75) is 0 Å². The molecule has 0 radical (unpaired) electrons. The summed E-state index contributed by atoms with van der Waals surface area (Å²) in [7, 11) is 0. The Bertz CT molecular complexity index is 2200. The van der Waals surface area contributed by atoms with E-state index >= 15 is 0 Å². The predicted molar refractivity (Wildman–Crippen MR) is 174 cm³/mol. The Labute approximate surface area is 242 Å². The number of fused-ring (bicyclic) bond motifs is 4. The summed E-state index contributed by atoms with van der Waals surface area (Å²) in [5.41, 5.74) is 10.4. The number of nitrogens with zero attached hydrogens (tertiary/aromatic N) is 2. The first-order valence-electron chi connectivity index (χ1n) is 13.7. The quantitative estimate of drug-likeness (QED) is 0.222. The molecule has 0 spiro atoms. The number of thiophene rings is 1. The SMILES string of the molecule is c1ccc(-c2nc3ccc(-c4cccc(-c5ccc6c(c5)sc5ccccc56)c4)cc3nc2-c2ccccc2)cc1. The zero-order valence-corrected chi connectivity index (χ0v) is 23.0. The van der Waals surface area contributed by atoms with Crippen LogP contribution in [0.25, 0.3) is 76.0 Å². The molecule has 0 atom stereocenters. The lowest BCUT2D eigenvalue weighted by molar-refractivity contribution is 1.29. The molecule has 0 amide bonds. The molecule has 0 aliphatic heterocycles. The highest BCUT2D eigenvalue weighted by Gasteiger charge is 2.14. The molecule has 192 valence electrons. The molecule has 3 heteroatoms. The maximum absolute atomic E-state index is 5.18. The number of hydrogen-bond donors (Lipinski definition) is 0. The zero-order valence-electron chi connectivity index (χ0n) is 22.2. The van der Waals surface area contributed by atoms with Crippen LogP contribution >= 0.6 is 11.3 Å². The van der Waals surface area contributed by atoms with Crippen LogP contribution in [0.5, 0.6) is 0 Å². The third-order valence-corrected chi connectivity index (χ3v) is 8.80. The highest BCUT2D eigenvalue weighted by molar-refractivity contribution is 7.25. The van der Waals surface area contributed by atoms with Crippen LogP contribution in [-0.2, 0) is 0 Å². The van der Waals surface area contributed by atoms with Crippen molar-refractivity contribution < 1.29 is 0 Å². The number of benzene rings is 6. The number of aromatic nitrogens is 2. The Kier molecular flexibility index (Phi) is 5.68. The summed E-state index contributed by atoms with van der Waals surface area (Å²) in [6, 6.07) is 51.3. The van der Waals surface area contributed by atoms with Crippen LogP contribution in [0.2, 0.25) is 0 Å². The Balaban J connectivity index is 1.23. The Morgan fingerprint density at radius 3 is 1.61 bits per heavy atom. The summed E-state index contributed by atoms with van der Waals surface area (Å²) in [5.74, 6) is 0. The molecule has 6 aromatic carbocycles. The molecular weight excluding hydrogens is 516 g/mol. The highest BCUT2D eigenvalue weighted by atomic mass is 32.1. The van der Waals surface area contributed by atoms with Crippen LogP contribution in [-0.4, -0.2) is 9.97 Å². The summed E-state index contributed by atoms with van der Waals surface area (Å²) < 4.78 is 2.65. The van der Waals surface area contributed by atoms with Gasteiger partial charge in [0.25, 0.3) is 0 Å². The fraction of sp³-hybridized carbons (Fsp3) is 0. The maximum Gasteiger partial charge on any atom is 0.0973 e. The highest BCUT2D eigenvalue weighted by Crippen LogP contribution is 2.37. The van der Waals surface area contributed by atoms with Gasteiger partial charge in [0.1, 0.15) is 0 Å². The van der Waals surface area contributed by atoms with Crippen LogP contribution in [0.15, 0.2) is 146 Å². The summed E-state index contributed by atoms with van der Waals surface area (Å²) in [5, 5.41) is 2.65. The van der Waals surface area contributed by atoms with Crippen molar-refractivity contribution in [3.8, 4) is 44.8 Å². The molecule has 0 fully saturated rings. The second-order valence-electron chi connectivity index (χ2n) is 10.2. The normalized spacial score (nSPS) is 11.4. The topological polar surface area (TPSA) is 25.8 Å². The minimum Gasteiger partial charge on any atom is -0.244 e. The predicted octanol–water partition coefficient (Wildman–Crippen LogP) is 10.7. The van der Waals surface area contributed by atoms with E-state index in [0.29, 0.717) is 0 Å². The molecule has 0 saturated carbocycles. The maximum atomic E-state index is 5.18. The van der Waals surface area contributed by atoms with Gasteiger partial charge in [-0.05, 0) is 52.6 Å². The van der Waals surface area contributed by atoms with Gasteiger partial charge in [-0.25, -0.2) is 9.97 Å². The van der Waals surface area contributed by atoms with Gasteiger partial charge in [-0.3, -0.25) is 0 Å². The van der Waals surface area contributed by atoms with Gasteiger partial charge in [-0.1, -0.05) is 115 Å². The van der Waals surface area contributed by atoms with Crippen molar-refractivity contribution in [2.24, 2.45) is 0 Å². The van der Waals surface area contributed by atoms with E-state index in [4.69, 9.17) is 9.97 Å². The Morgan fingerprint density at radius 1 is 0.341 bits per heavy atom. The van der Waals surface area contributed by atoms with Crippen molar-refractivity contribution >= 4 is 42.5 Å². The van der Waals surface area contributed by atoms with Gasteiger partial charge in [0.2, 0.25) is 0 Å². The van der Waals surface area contributed by atoms with E-state index in [1.165, 1.54) is 31.3 Å². The molecular formula is C38H24N2S. The molecule has 2 nitrogen and oxygen atoms in total. The number of hydrogen-bond acceptors (Lipinski definition) is 3. The molecule has 0 unspecified atom stereocenters. The summed E-state index contributed by atoms with van der Waals surface area (Å²) in [4.78, 5) is 10.3. The van der Waals surface area contributed by atoms with E-state index in [-0.39, 0.29) is 0 Å². The lowest BCUT2D eigenvalue weighted by Gasteiger charge is -2.12. The first kappa shape index (κ1) is 23.7. The minimum absolute atomic E-state index is 0.887. The van der Waals surface area contributed by atoms with Gasteiger partial charge in [0.15, 0.2) is 0 Å². The molecule has 0 saturated heterocycles. The molecule has 8 rings (SSSR count). The summed E-state index contributed by atoms with van der Waals surface area (Å²) in [6.45, 7) is 0. The summed E-state index contributed by atoms with van der Waals surface area (Å²) in [6.07, 6.45) is 0. The van der Waals surface area contributed by atoms with E-state index < -0.39 is 0 Å². The van der Waals surface area contributed by atoms with E-state index in [0.717, 1.165) is 44.7 Å². The molecule has 2 aromatic heterocycles. The van der Waals surface area contributed by atoms with Crippen LogP contribution < -0.4 is 0 Å². The van der Waals surface area contributed by atoms with Crippen molar-refractivity contribution in [3.63, 3.8) is 0 Å². The van der Waals surface area contributed by atoms with E-state index in [9.17, 15) is 0 Å². The second-order valence-corrected chi connectivity index (χ2v) is 11.3. The van der Waals surface area contributed by atoms with E-state index in [2.05, 4.69) is 109 Å².